The van der Waals surface area contributed by atoms with Gasteiger partial charge in [0, 0.05) is 6.42 Å². The van der Waals surface area contributed by atoms with E-state index in [4.69, 9.17) is 9.84 Å². The van der Waals surface area contributed by atoms with Gasteiger partial charge in [0.25, 0.3) is 0 Å². The molecule has 0 bridgehead atoms. The summed E-state index contributed by atoms with van der Waals surface area (Å²) in [4.78, 5) is 10.7. The average molecular weight is 417 g/mol. The van der Waals surface area contributed by atoms with Gasteiger partial charge in [0.15, 0.2) is 0 Å². The number of aryl methyl sites for hydroxylation is 2. The monoisotopic (exact) mass is 416 g/mol. The van der Waals surface area contributed by atoms with Crippen LogP contribution >= 0.6 is 15.9 Å². The van der Waals surface area contributed by atoms with Gasteiger partial charge in [-0.3, -0.25) is 4.79 Å². The Morgan fingerprint density at radius 3 is 2.44 bits per heavy atom. The molecule has 25 heavy (non-hydrogen) atoms. The van der Waals surface area contributed by atoms with E-state index < -0.39 is 17.7 Å². The molecule has 1 N–H and O–H groups in total. The Kier molecular flexibility index (Phi) is 6.11. The minimum atomic E-state index is -4.41. The number of carbonyl (C=O) groups is 1. The van der Waals surface area contributed by atoms with Crippen molar-refractivity contribution in [1.29, 1.82) is 0 Å². The fourth-order valence-corrected chi connectivity index (χ4v) is 2.83. The first-order chi connectivity index (χ1) is 11.7. The molecular formula is C18H16BrF3O3. The number of benzene rings is 2. The van der Waals surface area contributed by atoms with Crippen molar-refractivity contribution in [3.8, 4) is 11.5 Å². The fourth-order valence-electron chi connectivity index (χ4n) is 2.37. The van der Waals surface area contributed by atoms with Crippen LogP contribution in [0.15, 0.2) is 40.9 Å². The maximum absolute atomic E-state index is 12.7. The summed E-state index contributed by atoms with van der Waals surface area (Å²) >= 11 is 3.10. The predicted molar refractivity (Wildman–Crippen MR) is 91.0 cm³/mol. The fraction of sp³-hybridized carbons (Fsp3) is 0.278. The molecule has 0 unspecified atom stereocenters. The van der Waals surface area contributed by atoms with Crippen molar-refractivity contribution < 1.29 is 27.8 Å². The second-order valence-corrected chi connectivity index (χ2v) is 6.28. The van der Waals surface area contributed by atoms with Crippen LogP contribution in [-0.4, -0.2) is 11.1 Å². The van der Waals surface area contributed by atoms with Crippen LogP contribution in [-0.2, 0) is 23.8 Å². The van der Waals surface area contributed by atoms with Gasteiger partial charge in [-0.25, -0.2) is 0 Å². The van der Waals surface area contributed by atoms with Crippen LogP contribution in [0.25, 0.3) is 0 Å². The van der Waals surface area contributed by atoms with Crippen molar-refractivity contribution >= 4 is 21.9 Å². The molecule has 0 fully saturated rings. The van der Waals surface area contributed by atoms with E-state index in [1.807, 2.05) is 6.92 Å². The largest absolute Gasteiger partial charge is 0.481 e. The highest BCUT2D eigenvalue weighted by Crippen LogP contribution is 2.36. The normalized spacial score (nSPS) is 11.4. The molecule has 134 valence electrons. The van der Waals surface area contributed by atoms with Crippen LogP contribution < -0.4 is 4.74 Å². The van der Waals surface area contributed by atoms with Gasteiger partial charge in [0.05, 0.1) is 10.0 Å². The Morgan fingerprint density at radius 1 is 1.16 bits per heavy atom. The zero-order valence-corrected chi connectivity index (χ0v) is 14.9. The summed E-state index contributed by atoms with van der Waals surface area (Å²) in [6.07, 6.45) is -3.26. The number of halogens is 4. The van der Waals surface area contributed by atoms with E-state index in [1.165, 1.54) is 6.07 Å². The Labute approximate surface area is 151 Å². The van der Waals surface area contributed by atoms with Gasteiger partial charge in [-0.15, -0.1) is 0 Å². The summed E-state index contributed by atoms with van der Waals surface area (Å²) in [6, 6.07) is 8.44. The highest BCUT2D eigenvalue weighted by Gasteiger charge is 2.31. The van der Waals surface area contributed by atoms with Gasteiger partial charge in [-0.05, 0) is 70.2 Å². The van der Waals surface area contributed by atoms with Crippen LogP contribution in [0.4, 0.5) is 13.2 Å². The van der Waals surface area contributed by atoms with Gasteiger partial charge in [-0.2, -0.15) is 13.2 Å². The lowest BCUT2D eigenvalue weighted by molar-refractivity contribution is -0.138. The van der Waals surface area contributed by atoms with E-state index in [1.54, 1.807) is 18.2 Å². The molecule has 0 aliphatic rings. The summed E-state index contributed by atoms with van der Waals surface area (Å²) in [5.41, 5.74) is 1.11. The maximum atomic E-state index is 12.7. The first-order valence-corrected chi connectivity index (χ1v) is 8.38. The van der Waals surface area contributed by atoms with Crippen molar-refractivity contribution in [3.05, 3.63) is 57.6 Å². The number of hydrogen-bond acceptors (Lipinski definition) is 2. The maximum Gasteiger partial charge on any atom is 0.416 e. The van der Waals surface area contributed by atoms with E-state index >= 15 is 0 Å². The van der Waals surface area contributed by atoms with E-state index in [0.717, 1.165) is 23.3 Å². The van der Waals surface area contributed by atoms with Gasteiger partial charge < -0.3 is 9.84 Å². The van der Waals surface area contributed by atoms with E-state index in [9.17, 15) is 18.0 Å². The summed E-state index contributed by atoms with van der Waals surface area (Å²) in [7, 11) is 0. The minimum absolute atomic E-state index is 0.0393. The lowest BCUT2D eigenvalue weighted by Gasteiger charge is -2.13. The third-order valence-corrected chi connectivity index (χ3v) is 4.27. The molecule has 2 aromatic rings. The molecule has 0 aliphatic heterocycles. The minimum Gasteiger partial charge on any atom is -0.481 e. The van der Waals surface area contributed by atoms with E-state index in [2.05, 4.69) is 15.9 Å². The lowest BCUT2D eigenvalue weighted by atomic mass is 10.0. The van der Waals surface area contributed by atoms with Crippen LogP contribution in [0.1, 0.15) is 30.0 Å². The number of ether oxygens (including phenoxy) is 1. The molecule has 0 atom stereocenters. The summed E-state index contributed by atoms with van der Waals surface area (Å²) in [6.45, 7) is 1.94. The zero-order chi connectivity index (χ0) is 18.6. The third kappa shape index (κ3) is 5.22. The molecule has 0 radical (unpaired) electrons. The van der Waals surface area contributed by atoms with Crippen LogP contribution in [0.3, 0.4) is 0 Å². The van der Waals surface area contributed by atoms with Gasteiger partial charge in [0.2, 0.25) is 0 Å². The molecule has 0 saturated heterocycles. The van der Waals surface area contributed by atoms with Gasteiger partial charge >= 0.3 is 12.1 Å². The van der Waals surface area contributed by atoms with Crippen molar-refractivity contribution in [2.24, 2.45) is 0 Å². The molecule has 3 nitrogen and oxygen atoms in total. The number of alkyl halides is 3. The molecule has 0 heterocycles. The molecule has 0 amide bonds. The predicted octanol–water partition coefficient (Wildman–Crippen LogP) is 5.84. The number of rotatable bonds is 6. The Hall–Kier alpha value is -2.02. The van der Waals surface area contributed by atoms with Crippen molar-refractivity contribution in [2.75, 3.05) is 0 Å². The molecule has 7 heteroatoms. The highest BCUT2D eigenvalue weighted by molar-refractivity contribution is 9.10. The average Bonchev–Trinajstić information content (AvgIpc) is 2.54. The standard InChI is InChI=1S/C18H16BrF3O3/c1-2-11-9-14(6-3-12(11)4-8-17(23)24)25-16-7-5-13(10-15(16)19)18(20,21)22/h3,5-7,9-10H,2,4,8H2,1H3,(H,23,24). The summed E-state index contributed by atoms with van der Waals surface area (Å²) in [5.74, 6) is -0.110. The molecule has 0 aromatic heterocycles. The first-order valence-electron chi connectivity index (χ1n) is 7.59. The molecule has 0 saturated carbocycles. The van der Waals surface area contributed by atoms with Gasteiger partial charge in [-0.1, -0.05) is 13.0 Å². The van der Waals surface area contributed by atoms with Crippen LogP contribution in [0, 0.1) is 0 Å². The number of hydrogen-bond donors (Lipinski definition) is 1. The lowest BCUT2D eigenvalue weighted by Crippen LogP contribution is -2.04. The number of aliphatic carboxylic acids is 1. The second kappa shape index (κ2) is 7.91. The molecule has 0 aliphatic carbocycles. The van der Waals surface area contributed by atoms with Crippen molar-refractivity contribution in [1.82, 2.24) is 0 Å². The summed E-state index contributed by atoms with van der Waals surface area (Å²) in [5, 5.41) is 8.79. The third-order valence-electron chi connectivity index (χ3n) is 3.65. The van der Waals surface area contributed by atoms with Gasteiger partial charge in [0.1, 0.15) is 11.5 Å². The molecule has 0 spiro atoms. The van der Waals surface area contributed by atoms with E-state index in [-0.39, 0.29) is 16.6 Å². The highest BCUT2D eigenvalue weighted by atomic mass is 79.9. The van der Waals surface area contributed by atoms with Crippen LogP contribution in [0.2, 0.25) is 0 Å². The Morgan fingerprint density at radius 2 is 1.88 bits per heavy atom. The van der Waals surface area contributed by atoms with Crippen LogP contribution in [0.5, 0.6) is 11.5 Å². The Bertz CT molecular complexity index is 773. The van der Waals surface area contributed by atoms with E-state index in [0.29, 0.717) is 18.6 Å². The molecular weight excluding hydrogens is 401 g/mol. The molecule has 2 aromatic carbocycles. The zero-order valence-electron chi connectivity index (χ0n) is 13.4. The van der Waals surface area contributed by atoms with Crippen molar-refractivity contribution in [3.63, 3.8) is 0 Å². The smallest absolute Gasteiger partial charge is 0.416 e. The quantitative estimate of drug-likeness (QED) is 0.643. The summed E-state index contributed by atoms with van der Waals surface area (Å²) < 4.78 is 44.0. The second-order valence-electron chi connectivity index (χ2n) is 5.42. The Balaban J connectivity index is 2.21. The number of carboxylic acid groups (broad SMARTS) is 1. The SMILES string of the molecule is CCc1cc(Oc2ccc(C(F)(F)F)cc2Br)ccc1CCC(=O)O. The number of carboxylic acids is 1. The molecule has 2 rings (SSSR count). The first kappa shape index (κ1) is 19.3. The van der Waals surface area contributed by atoms with Crippen molar-refractivity contribution in [2.45, 2.75) is 32.4 Å². The topological polar surface area (TPSA) is 46.5 Å².